The largest absolute Gasteiger partial charge is 0.0683 e. The monoisotopic (exact) mass is 593 g/mol. The van der Waals surface area contributed by atoms with Gasteiger partial charge >= 0.3 is 0 Å². The highest BCUT2D eigenvalue weighted by Crippen LogP contribution is 2.49. The van der Waals surface area contributed by atoms with Crippen molar-refractivity contribution >= 4 is 0 Å². The summed E-state index contributed by atoms with van der Waals surface area (Å²) in [6.07, 6.45) is 33.0. The van der Waals surface area contributed by atoms with Crippen LogP contribution < -0.4 is 0 Å². The zero-order chi connectivity index (χ0) is 32.4. The highest BCUT2D eigenvalue weighted by Gasteiger charge is 2.38. The molecule has 0 aromatic rings. The van der Waals surface area contributed by atoms with E-state index in [1.54, 1.807) is 57.8 Å². The Balaban J connectivity index is 0. The summed E-state index contributed by atoms with van der Waals surface area (Å²) >= 11 is 0. The average Bonchev–Trinajstić information content (AvgIpc) is 3.66. The summed E-state index contributed by atoms with van der Waals surface area (Å²) in [4.78, 5) is 0. The molecule has 4 unspecified atom stereocenters. The van der Waals surface area contributed by atoms with Gasteiger partial charge in [-0.3, -0.25) is 0 Å². The van der Waals surface area contributed by atoms with E-state index >= 15 is 0 Å². The molecule has 5 aliphatic rings. The molecule has 0 heteroatoms. The van der Waals surface area contributed by atoms with Gasteiger partial charge in [-0.2, -0.15) is 0 Å². The second-order valence-corrected chi connectivity index (χ2v) is 15.2. The van der Waals surface area contributed by atoms with E-state index in [-0.39, 0.29) is 0 Å². The van der Waals surface area contributed by atoms with Crippen molar-refractivity contribution in [1.29, 1.82) is 0 Å². The molecule has 256 valence electrons. The first-order valence-corrected chi connectivity index (χ1v) is 20.2. The van der Waals surface area contributed by atoms with Crippen LogP contribution in [0.2, 0.25) is 0 Å². The summed E-state index contributed by atoms with van der Waals surface area (Å²) in [6.45, 7) is 28.2. The van der Waals surface area contributed by atoms with Crippen molar-refractivity contribution in [3.8, 4) is 0 Å². The molecule has 0 nitrogen and oxygen atoms in total. The van der Waals surface area contributed by atoms with Crippen LogP contribution in [0, 0.1) is 40.4 Å². The van der Waals surface area contributed by atoms with E-state index in [0.717, 1.165) is 29.6 Å². The van der Waals surface area contributed by atoms with Gasteiger partial charge in [-0.1, -0.05) is 186 Å². The van der Waals surface area contributed by atoms with E-state index in [9.17, 15) is 0 Å². The highest BCUT2D eigenvalue weighted by molar-refractivity contribution is 4.89. The standard InChI is InChI=1S/C13H24.C11H22.C9H16.C3H8.3C2H6/c1-3-7-12(8-4-1)11-13-9-5-2-6-10-13;1-5-11(4)8-6-7-10(2,3)9-11;1-2-8-5-7-3-4-9(8)6-7;1-3-2;3*1-2/h12-13H,1-11H2;5-9H2,1-4H3;7-9H,2-6H2,1H3;3H2,1-2H3;3*1-2H3. The van der Waals surface area contributed by atoms with E-state index in [0.29, 0.717) is 10.8 Å². The molecule has 5 saturated carbocycles. The minimum absolute atomic E-state index is 0.614. The molecule has 0 heterocycles. The molecule has 0 aliphatic heterocycles. The molecule has 0 amide bonds. The second-order valence-electron chi connectivity index (χ2n) is 15.2. The Hall–Kier alpha value is 0. The third-order valence-electron chi connectivity index (χ3n) is 10.9. The summed E-state index contributed by atoms with van der Waals surface area (Å²) in [5, 5.41) is 0. The van der Waals surface area contributed by atoms with Gasteiger partial charge < -0.3 is 0 Å². The fourth-order valence-electron chi connectivity index (χ4n) is 8.82. The maximum atomic E-state index is 2.45. The first-order chi connectivity index (χ1) is 20.2. The fraction of sp³-hybridized carbons (Fsp3) is 1.00. The lowest BCUT2D eigenvalue weighted by atomic mass is 9.63. The minimum Gasteiger partial charge on any atom is -0.0683 e. The third kappa shape index (κ3) is 19.4. The van der Waals surface area contributed by atoms with Crippen molar-refractivity contribution in [3.63, 3.8) is 0 Å². The minimum atomic E-state index is 0.614. The zero-order valence-electron chi connectivity index (χ0n) is 32.4. The van der Waals surface area contributed by atoms with Crippen LogP contribution in [-0.4, -0.2) is 0 Å². The van der Waals surface area contributed by atoms with Gasteiger partial charge in [0.25, 0.3) is 0 Å². The van der Waals surface area contributed by atoms with Crippen molar-refractivity contribution in [2.75, 3.05) is 0 Å². The first-order valence-electron chi connectivity index (χ1n) is 20.2. The highest BCUT2D eigenvalue weighted by atomic mass is 14.4. The molecule has 0 radical (unpaired) electrons. The molecule has 5 rings (SSSR count). The smallest absolute Gasteiger partial charge is 0.0323 e. The summed E-state index contributed by atoms with van der Waals surface area (Å²) in [7, 11) is 0. The maximum Gasteiger partial charge on any atom is -0.0323 e. The van der Waals surface area contributed by atoms with Crippen molar-refractivity contribution < 1.29 is 0 Å². The summed E-state index contributed by atoms with van der Waals surface area (Å²) in [5.74, 6) is 5.68. The molecule has 5 aliphatic carbocycles. The summed E-state index contributed by atoms with van der Waals surface area (Å²) < 4.78 is 0. The van der Waals surface area contributed by atoms with Gasteiger partial charge in [-0.05, 0) is 85.4 Å². The molecule has 2 bridgehead atoms. The van der Waals surface area contributed by atoms with Gasteiger partial charge in [-0.15, -0.1) is 0 Å². The van der Waals surface area contributed by atoms with Crippen LogP contribution in [0.15, 0.2) is 0 Å². The quantitative estimate of drug-likeness (QED) is 0.304. The van der Waals surface area contributed by atoms with Crippen LogP contribution in [0.25, 0.3) is 0 Å². The molecule has 5 fully saturated rings. The molecular weight excluding hydrogens is 504 g/mol. The third-order valence-corrected chi connectivity index (χ3v) is 10.9. The normalized spacial score (nSPS) is 29.5. The van der Waals surface area contributed by atoms with Gasteiger partial charge in [0.15, 0.2) is 0 Å². The van der Waals surface area contributed by atoms with E-state index in [4.69, 9.17) is 0 Å². The Morgan fingerprint density at radius 3 is 1.31 bits per heavy atom. The Morgan fingerprint density at radius 2 is 1.02 bits per heavy atom. The number of rotatable bonds is 4. The molecule has 4 atom stereocenters. The Bertz CT molecular complexity index is 518. The van der Waals surface area contributed by atoms with E-state index in [2.05, 4.69) is 48.5 Å². The predicted octanol–water partition coefficient (Wildman–Crippen LogP) is 15.9. The molecule has 0 aromatic heterocycles. The molecular formula is C42H88. The molecule has 0 spiro atoms. The first kappa shape index (κ1) is 44.1. The van der Waals surface area contributed by atoms with Gasteiger partial charge in [0.2, 0.25) is 0 Å². The lowest BCUT2D eigenvalue weighted by molar-refractivity contribution is 0.0957. The van der Waals surface area contributed by atoms with Crippen molar-refractivity contribution in [2.24, 2.45) is 40.4 Å². The maximum absolute atomic E-state index is 2.45. The lowest BCUT2D eigenvalue weighted by Gasteiger charge is -2.42. The van der Waals surface area contributed by atoms with Crippen LogP contribution in [0.3, 0.4) is 0 Å². The van der Waals surface area contributed by atoms with Crippen molar-refractivity contribution in [2.45, 2.75) is 231 Å². The Morgan fingerprint density at radius 1 is 0.548 bits per heavy atom. The molecule has 0 N–H and O–H groups in total. The fourth-order valence-corrected chi connectivity index (χ4v) is 8.82. The Kier molecular flexibility index (Phi) is 28.7. The van der Waals surface area contributed by atoms with E-state index in [1.165, 1.54) is 83.5 Å². The van der Waals surface area contributed by atoms with E-state index < -0.39 is 0 Å². The van der Waals surface area contributed by atoms with Gasteiger partial charge in [-0.25, -0.2) is 0 Å². The van der Waals surface area contributed by atoms with Crippen LogP contribution in [-0.2, 0) is 0 Å². The predicted molar refractivity (Wildman–Crippen MR) is 198 cm³/mol. The molecule has 0 saturated heterocycles. The number of fused-ring (bicyclic) bond motifs is 2. The summed E-state index contributed by atoms with van der Waals surface area (Å²) in [6, 6.07) is 0. The SMILES string of the molecule is C1CCC(CC2CCCCC2)CC1.CC.CC.CC.CCC.CCC1(C)CCCC(C)(C)C1.CCC1CC2CCC1C2. The molecule has 42 heavy (non-hydrogen) atoms. The zero-order valence-corrected chi connectivity index (χ0v) is 32.4. The number of hydrogen-bond acceptors (Lipinski definition) is 0. The average molecular weight is 593 g/mol. The van der Waals surface area contributed by atoms with Crippen molar-refractivity contribution in [1.82, 2.24) is 0 Å². The second kappa shape index (κ2) is 27.3. The van der Waals surface area contributed by atoms with Crippen LogP contribution in [0.4, 0.5) is 0 Å². The van der Waals surface area contributed by atoms with Gasteiger partial charge in [0.1, 0.15) is 0 Å². The summed E-state index contributed by atoms with van der Waals surface area (Å²) in [5.41, 5.74) is 1.27. The van der Waals surface area contributed by atoms with Crippen LogP contribution in [0.1, 0.15) is 231 Å². The van der Waals surface area contributed by atoms with Gasteiger partial charge in [0, 0.05) is 0 Å². The van der Waals surface area contributed by atoms with Crippen molar-refractivity contribution in [3.05, 3.63) is 0 Å². The van der Waals surface area contributed by atoms with E-state index in [1.807, 2.05) is 41.5 Å². The molecule has 0 aromatic carbocycles. The topological polar surface area (TPSA) is 0 Å². The lowest BCUT2D eigenvalue weighted by Crippen LogP contribution is -2.30. The number of hydrogen-bond donors (Lipinski definition) is 0. The Labute approximate surface area is 271 Å². The van der Waals surface area contributed by atoms with Crippen LogP contribution in [0.5, 0.6) is 0 Å². The van der Waals surface area contributed by atoms with Gasteiger partial charge in [0.05, 0.1) is 0 Å². The van der Waals surface area contributed by atoms with Crippen LogP contribution >= 0.6 is 0 Å².